The average Bonchev–Trinajstić information content (AvgIpc) is 2.53. The molecule has 0 amide bonds. The number of aliphatic hydroxyl groups excluding tert-OH is 2. The Labute approximate surface area is 135 Å². The number of nitrogen functional groups attached to an aromatic ring is 1. The standard InChI is InChI=1S/C17H21ClN2O2/c18-14-3-1-2-13(9-14)17(22)10-20-16(11-21)8-12-4-6-15(19)7-5-12/h1-7,9,16-17,20-22H,8,10-11,19H2/t16-,17+/m0/s1. The van der Waals surface area contributed by atoms with Gasteiger partial charge in [0.1, 0.15) is 0 Å². The van der Waals surface area contributed by atoms with Gasteiger partial charge in [0.15, 0.2) is 0 Å². The Bertz CT molecular complexity index is 589. The van der Waals surface area contributed by atoms with Crippen molar-refractivity contribution in [3.8, 4) is 0 Å². The number of anilines is 1. The molecule has 0 spiro atoms. The molecule has 0 radical (unpaired) electrons. The maximum absolute atomic E-state index is 10.2. The highest BCUT2D eigenvalue weighted by Gasteiger charge is 2.12. The summed E-state index contributed by atoms with van der Waals surface area (Å²) in [6, 6.07) is 14.6. The molecule has 118 valence electrons. The summed E-state index contributed by atoms with van der Waals surface area (Å²) in [6.45, 7) is 0.340. The molecule has 2 aromatic carbocycles. The Morgan fingerprint density at radius 3 is 2.50 bits per heavy atom. The van der Waals surface area contributed by atoms with Gasteiger partial charge in [-0.3, -0.25) is 0 Å². The van der Waals surface area contributed by atoms with Gasteiger partial charge < -0.3 is 21.3 Å². The lowest BCUT2D eigenvalue weighted by Crippen LogP contribution is -2.37. The lowest BCUT2D eigenvalue weighted by Gasteiger charge is -2.19. The third-order valence-electron chi connectivity index (χ3n) is 3.52. The van der Waals surface area contributed by atoms with E-state index in [1.165, 1.54) is 0 Å². The summed E-state index contributed by atoms with van der Waals surface area (Å²) in [5.41, 5.74) is 8.21. The Kier molecular flexibility index (Phi) is 6.21. The van der Waals surface area contributed by atoms with E-state index in [9.17, 15) is 10.2 Å². The van der Waals surface area contributed by atoms with Crippen LogP contribution in [0.5, 0.6) is 0 Å². The molecule has 0 saturated heterocycles. The van der Waals surface area contributed by atoms with E-state index >= 15 is 0 Å². The van der Waals surface area contributed by atoms with E-state index in [0.717, 1.165) is 11.1 Å². The van der Waals surface area contributed by atoms with Crippen LogP contribution in [0.15, 0.2) is 48.5 Å². The van der Waals surface area contributed by atoms with Crippen molar-refractivity contribution in [3.63, 3.8) is 0 Å². The van der Waals surface area contributed by atoms with Gasteiger partial charge in [-0.25, -0.2) is 0 Å². The van der Waals surface area contributed by atoms with Crippen LogP contribution in [-0.4, -0.2) is 29.4 Å². The van der Waals surface area contributed by atoms with Crippen molar-refractivity contribution >= 4 is 17.3 Å². The van der Waals surface area contributed by atoms with Gasteiger partial charge in [-0.1, -0.05) is 35.9 Å². The maximum atomic E-state index is 10.2. The van der Waals surface area contributed by atoms with Crippen LogP contribution >= 0.6 is 11.6 Å². The Balaban J connectivity index is 1.89. The highest BCUT2D eigenvalue weighted by Crippen LogP contribution is 2.17. The predicted molar refractivity (Wildman–Crippen MR) is 89.8 cm³/mol. The molecular formula is C17H21ClN2O2. The zero-order valence-electron chi connectivity index (χ0n) is 12.2. The van der Waals surface area contributed by atoms with Gasteiger partial charge in [0.25, 0.3) is 0 Å². The first-order chi connectivity index (χ1) is 10.6. The molecule has 0 aliphatic carbocycles. The average molecular weight is 321 g/mol. The first-order valence-corrected chi connectivity index (χ1v) is 7.58. The number of halogens is 1. The molecule has 2 aromatic rings. The Morgan fingerprint density at radius 2 is 1.86 bits per heavy atom. The lowest BCUT2D eigenvalue weighted by molar-refractivity contribution is 0.158. The molecule has 0 aromatic heterocycles. The molecule has 0 aliphatic heterocycles. The third kappa shape index (κ3) is 5.00. The first-order valence-electron chi connectivity index (χ1n) is 7.20. The molecule has 0 saturated carbocycles. The summed E-state index contributed by atoms with van der Waals surface area (Å²) in [5, 5.41) is 23.4. The van der Waals surface area contributed by atoms with E-state index in [1.807, 2.05) is 30.3 Å². The molecule has 2 atom stereocenters. The number of hydrogen-bond acceptors (Lipinski definition) is 4. The summed E-state index contributed by atoms with van der Waals surface area (Å²) >= 11 is 5.92. The van der Waals surface area contributed by atoms with E-state index in [-0.39, 0.29) is 12.6 Å². The smallest absolute Gasteiger partial charge is 0.0915 e. The Hall–Kier alpha value is -1.59. The number of nitrogens with two attached hydrogens (primary N) is 1. The maximum Gasteiger partial charge on any atom is 0.0915 e. The number of aliphatic hydroxyl groups is 2. The molecule has 0 unspecified atom stereocenters. The monoisotopic (exact) mass is 320 g/mol. The van der Waals surface area contributed by atoms with Crippen LogP contribution in [0, 0.1) is 0 Å². The lowest BCUT2D eigenvalue weighted by atomic mass is 10.0. The van der Waals surface area contributed by atoms with Crippen molar-refractivity contribution in [3.05, 3.63) is 64.7 Å². The minimum Gasteiger partial charge on any atom is -0.399 e. The van der Waals surface area contributed by atoms with Gasteiger partial charge >= 0.3 is 0 Å². The predicted octanol–water partition coefficient (Wildman–Crippen LogP) is 2.15. The number of hydrogen-bond donors (Lipinski definition) is 4. The molecule has 4 nitrogen and oxygen atoms in total. The van der Waals surface area contributed by atoms with Crippen molar-refractivity contribution in [2.75, 3.05) is 18.9 Å². The van der Waals surface area contributed by atoms with Crippen molar-refractivity contribution in [1.82, 2.24) is 5.32 Å². The van der Waals surface area contributed by atoms with Gasteiger partial charge in [0.05, 0.1) is 12.7 Å². The minimum absolute atomic E-state index is 0.00730. The fourth-order valence-corrected chi connectivity index (χ4v) is 2.45. The normalized spacial score (nSPS) is 13.8. The third-order valence-corrected chi connectivity index (χ3v) is 3.75. The fourth-order valence-electron chi connectivity index (χ4n) is 2.25. The molecule has 2 rings (SSSR count). The van der Waals surface area contributed by atoms with Crippen LogP contribution in [0.1, 0.15) is 17.2 Å². The van der Waals surface area contributed by atoms with Gasteiger partial charge in [-0.15, -0.1) is 0 Å². The van der Waals surface area contributed by atoms with Gasteiger partial charge in [-0.05, 0) is 41.8 Å². The summed E-state index contributed by atoms with van der Waals surface area (Å²) in [4.78, 5) is 0. The number of nitrogens with one attached hydrogen (secondary N) is 1. The minimum atomic E-state index is -0.667. The van der Waals surface area contributed by atoms with E-state index in [2.05, 4.69) is 5.32 Å². The molecule has 5 heteroatoms. The molecule has 0 heterocycles. The zero-order chi connectivity index (χ0) is 15.9. The highest BCUT2D eigenvalue weighted by molar-refractivity contribution is 6.30. The van der Waals surface area contributed by atoms with Gasteiger partial charge in [0, 0.05) is 23.3 Å². The second-order valence-electron chi connectivity index (χ2n) is 5.30. The Morgan fingerprint density at radius 1 is 1.14 bits per heavy atom. The van der Waals surface area contributed by atoms with Crippen LogP contribution in [0.3, 0.4) is 0 Å². The molecule has 5 N–H and O–H groups in total. The summed E-state index contributed by atoms with van der Waals surface area (Å²) in [6.07, 6.45) is -0.00172. The number of rotatable bonds is 7. The zero-order valence-corrected chi connectivity index (χ0v) is 13.0. The van der Waals surface area contributed by atoms with Gasteiger partial charge in [-0.2, -0.15) is 0 Å². The van der Waals surface area contributed by atoms with Crippen molar-refractivity contribution < 1.29 is 10.2 Å². The molecule has 0 fully saturated rings. The first kappa shape index (κ1) is 16.8. The van der Waals surface area contributed by atoms with Crippen molar-refractivity contribution in [2.45, 2.75) is 18.6 Å². The van der Waals surface area contributed by atoms with Crippen LogP contribution in [-0.2, 0) is 6.42 Å². The van der Waals surface area contributed by atoms with E-state index in [4.69, 9.17) is 17.3 Å². The van der Waals surface area contributed by atoms with Crippen LogP contribution in [0.2, 0.25) is 5.02 Å². The molecule has 0 bridgehead atoms. The van der Waals surface area contributed by atoms with E-state index < -0.39 is 6.10 Å². The largest absolute Gasteiger partial charge is 0.399 e. The quantitative estimate of drug-likeness (QED) is 0.589. The van der Waals surface area contributed by atoms with E-state index in [0.29, 0.717) is 23.7 Å². The van der Waals surface area contributed by atoms with E-state index in [1.54, 1.807) is 18.2 Å². The fraction of sp³-hybridized carbons (Fsp3) is 0.294. The SMILES string of the molecule is Nc1ccc(C[C@@H](CO)NC[C@@H](O)c2cccc(Cl)c2)cc1. The molecular weight excluding hydrogens is 300 g/mol. The second-order valence-corrected chi connectivity index (χ2v) is 5.74. The molecule has 22 heavy (non-hydrogen) atoms. The van der Waals surface area contributed by atoms with Gasteiger partial charge in [0.2, 0.25) is 0 Å². The van der Waals surface area contributed by atoms with Crippen LogP contribution in [0.25, 0.3) is 0 Å². The van der Waals surface area contributed by atoms with Crippen LogP contribution in [0.4, 0.5) is 5.69 Å². The summed E-state index contributed by atoms with van der Waals surface area (Å²) < 4.78 is 0. The highest BCUT2D eigenvalue weighted by atomic mass is 35.5. The van der Waals surface area contributed by atoms with Crippen molar-refractivity contribution in [1.29, 1.82) is 0 Å². The second kappa shape index (κ2) is 8.15. The topological polar surface area (TPSA) is 78.5 Å². The summed E-state index contributed by atoms with van der Waals surface area (Å²) in [5.74, 6) is 0. The van der Waals surface area contributed by atoms with Crippen molar-refractivity contribution in [2.24, 2.45) is 0 Å². The summed E-state index contributed by atoms with van der Waals surface area (Å²) in [7, 11) is 0. The number of benzene rings is 2. The molecule has 0 aliphatic rings. The van der Waals surface area contributed by atoms with Crippen LogP contribution < -0.4 is 11.1 Å².